The predicted molar refractivity (Wildman–Crippen MR) is 155 cm³/mol. The highest BCUT2D eigenvalue weighted by atomic mass is 16.4. The quantitative estimate of drug-likeness (QED) is 0.109. The van der Waals surface area contributed by atoms with Crippen molar-refractivity contribution in [1.29, 1.82) is 0 Å². The van der Waals surface area contributed by atoms with Gasteiger partial charge in [-0.15, -0.1) is 0 Å². The topological polar surface area (TPSA) is 76.6 Å². The third-order valence-corrected chi connectivity index (χ3v) is 7.94. The third-order valence-electron chi connectivity index (χ3n) is 7.94. The second-order valence-electron chi connectivity index (χ2n) is 11.2. The number of rotatable bonds is 28. The first-order valence-electron chi connectivity index (χ1n) is 15.8. The average molecular weight is 498 g/mol. The molecule has 0 rings (SSSR count). The summed E-state index contributed by atoms with van der Waals surface area (Å²) in [4.78, 5) is 11.5. The van der Waals surface area contributed by atoms with Crippen LogP contribution in [0.15, 0.2) is 0 Å². The summed E-state index contributed by atoms with van der Waals surface area (Å²) in [5, 5.41) is 11.5. The maximum Gasteiger partial charge on any atom is 0.0445 e. The SMILES string of the molecule is CCCCCCCCCCCCCCC(CCCCCCCCCCCCCC)C(C)C(=O)[O-].[NH4+]. The van der Waals surface area contributed by atoms with Crippen molar-refractivity contribution in [2.75, 3.05) is 0 Å². The molecule has 4 N–H and O–H groups in total. The van der Waals surface area contributed by atoms with Gasteiger partial charge in [0.25, 0.3) is 0 Å². The molecule has 0 saturated carbocycles. The molecule has 0 bridgehead atoms. The van der Waals surface area contributed by atoms with Crippen molar-refractivity contribution in [3.05, 3.63) is 0 Å². The van der Waals surface area contributed by atoms with E-state index in [0.29, 0.717) is 5.92 Å². The average Bonchev–Trinajstić information content (AvgIpc) is 2.83. The van der Waals surface area contributed by atoms with Crippen molar-refractivity contribution >= 4 is 5.97 Å². The fourth-order valence-electron chi connectivity index (χ4n) is 5.33. The van der Waals surface area contributed by atoms with Gasteiger partial charge in [-0.3, -0.25) is 0 Å². The van der Waals surface area contributed by atoms with Gasteiger partial charge in [-0.1, -0.05) is 175 Å². The Morgan fingerprint density at radius 2 is 0.714 bits per heavy atom. The standard InChI is InChI=1S/C32H64O2.H3N/c1-4-6-8-10-12-14-16-18-20-22-24-26-28-31(30(3)32(33)34)29-27-25-23-21-19-17-15-13-11-9-7-5-2;/h30-31H,4-29H2,1-3H3,(H,33,34);1H3. The van der Waals surface area contributed by atoms with Crippen molar-refractivity contribution in [2.45, 2.75) is 188 Å². The zero-order valence-electron chi connectivity index (χ0n) is 24.9. The van der Waals surface area contributed by atoms with E-state index in [1.165, 1.54) is 154 Å². The van der Waals surface area contributed by atoms with Crippen LogP contribution >= 0.6 is 0 Å². The fourth-order valence-corrected chi connectivity index (χ4v) is 5.33. The molecule has 0 aromatic heterocycles. The van der Waals surface area contributed by atoms with E-state index in [9.17, 15) is 9.90 Å². The first kappa shape index (κ1) is 36.6. The van der Waals surface area contributed by atoms with Gasteiger partial charge in [0.2, 0.25) is 0 Å². The number of hydrogen-bond acceptors (Lipinski definition) is 2. The molecule has 3 heteroatoms. The molecule has 212 valence electrons. The Balaban J connectivity index is 0. The molecule has 0 aromatic carbocycles. The van der Waals surface area contributed by atoms with Gasteiger partial charge < -0.3 is 16.1 Å². The molecule has 0 aliphatic carbocycles. The monoisotopic (exact) mass is 498 g/mol. The maximum absolute atomic E-state index is 11.5. The van der Waals surface area contributed by atoms with Crippen LogP contribution < -0.4 is 11.3 Å². The van der Waals surface area contributed by atoms with Crippen molar-refractivity contribution in [3.8, 4) is 0 Å². The first-order valence-corrected chi connectivity index (χ1v) is 15.8. The van der Waals surface area contributed by atoms with Crippen LogP contribution in [-0.2, 0) is 4.79 Å². The maximum atomic E-state index is 11.5. The second-order valence-corrected chi connectivity index (χ2v) is 11.2. The normalized spacial score (nSPS) is 12.1. The Hall–Kier alpha value is -0.570. The van der Waals surface area contributed by atoms with Crippen LogP contribution in [0.5, 0.6) is 0 Å². The molecule has 0 saturated heterocycles. The van der Waals surface area contributed by atoms with Crippen molar-refractivity contribution < 1.29 is 9.90 Å². The minimum Gasteiger partial charge on any atom is -0.550 e. The zero-order valence-corrected chi connectivity index (χ0v) is 24.9. The molecule has 0 amide bonds. The van der Waals surface area contributed by atoms with E-state index in [-0.39, 0.29) is 12.1 Å². The summed E-state index contributed by atoms with van der Waals surface area (Å²) in [5.74, 6) is -0.820. The van der Waals surface area contributed by atoms with Gasteiger partial charge in [-0.05, 0) is 24.7 Å². The molecular weight excluding hydrogens is 430 g/mol. The number of carbonyl (C=O) groups excluding carboxylic acids is 1. The van der Waals surface area contributed by atoms with E-state index in [2.05, 4.69) is 13.8 Å². The minimum atomic E-state index is -0.845. The largest absolute Gasteiger partial charge is 0.550 e. The van der Waals surface area contributed by atoms with Crippen LogP contribution in [0, 0.1) is 11.8 Å². The molecule has 0 radical (unpaired) electrons. The lowest BCUT2D eigenvalue weighted by atomic mass is 9.84. The van der Waals surface area contributed by atoms with Gasteiger partial charge in [0.05, 0.1) is 0 Å². The van der Waals surface area contributed by atoms with Crippen LogP contribution in [0.25, 0.3) is 0 Å². The van der Waals surface area contributed by atoms with Crippen molar-refractivity contribution in [3.63, 3.8) is 0 Å². The number of carboxylic acid groups (broad SMARTS) is 1. The van der Waals surface area contributed by atoms with Crippen LogP contribution in [0.2, 0.25) is 0 Å². The van der Waals surface area contributed by atoms with Gasteiger partial charge in [-0.25, -0.2) is 0 Å². The van der Waals surface area contributed by atoms with Gasteiger partial charge in [0.15, 0.2) is 0 Å². The summed E-state index contributed by atoms with van der Waals surface area (Å²) in [6.07, 6.45) is 34.8. The molecule has 0 aliphatic heterocycles. The Morgan fingerprint density at radius 1 is 0.486 bits per heavy atom. The molecule has 0 fully saturated rings. The highest BCUT2D eigenvalue weighted by Gasteiger charge is 2.17. The molecular formula is C32H67NO2. The first-order chi connectivity index (χ1) is 16.6. The summed E-state index contributed by atoms with van der Waals surface area (Å²) in [6, 6.07) is 0. The van der Waals surface area contributed by atoms with Gasteiger partial charge >= 0.3 is 0 Å². The molecule has 1 unspecified atom stereocenters. The Labute approximate surface area is 221 Å². The number of hydrogen-bond donors (Lipinski definition) is 1. The Bertz CT molecular complexity index is 384. The van der Waals surface area contributed by atoms with Crippen LogP contribution in [-0.4, -0.2) is 5.97 Å². The number of unbranched alkanes of at least 4 members (excludes halogenated alkanes) is 22. The van der Waals surface area contributed by atoms with E-state index in [1.807, 2.05) is 6.92 Å². The lowest BCUT2D eigenvalue weighted by Crippen LogP contribution is -2.34. The van der Waals surface area contributed by atoms with Gasteiger partial charge in [0, 0.05) is 5.97 Å². The highest BCUT2D eigenvalue weighted by molar-refractivity contribution is 5.67. The summed E-state index contributed by atoms with van der Waals surface area (Å²) >= 11 is 0. The minimum absolute atomic E-state index is 0. The molecule has 0 spiro atoms. The molecule has 0 aliphatic rings. The van der Waals surface area contributed by atoms with Crippen molar-refractivity contribution in [2.24, 2.45) is 11.8 Å². The van der Waals surface area contributed by atoms with Crippen molar-refractivity contribution in [1.82, 2.24) is 6.15 Å². The summed E-state index contributed by atoms with van der Waals surface area (Å²) in [6.45, 7) is 6.43. The smallest absolute Gasteiger partial charge is 0.0445 e. The van der Waals surface area contributed by atoms with E-state index in [1.54, 1.807) is 0 Å². The lowest BCUT2D eigenvalue weighted by molar-refractivity contribution is -0.312. The molecule has 35 heavy (non-hydrogen) atoms. The van der Waals surface area contributed by atoms with Gasteiger partial charge in [-0.2, -0.15) is 0 Å². The summed E-state index contributed by atoms with van der Waals surface area (Å²) in [7, 11) is 0. The van der Waals surface area contributed by atoms with E-state index < -0.39 is 5.97 Å². The summed E-state index contributed by atoms with van der Waals surface area (Å²) < 4.78 is 0. The van der Waals surface area contributed by atoms with E-state index in [4.69, 9.17) is 0 Å². The summed E-state index contributed by atoms with van der Waals surface area (Å²) in [5.41, 5.74) is 0. The van der Waals surface area contributed by atoms with Crippen LogP contribution in [0.1, 0.15) is 188 Å². The zero-order chi connectivity index (χ0) is 25.1. The lowest BCUT2D eigenvalue weighted by Gasteiger charge is -2.25. The number of carbonyl (C=O) groups is 1. The predicted octanol–water partition coefficient (Wildman–Crippen LogP) is 10.5. The molecule has 0 heterocycles. The third kappa shape index (κ3) is 26.3. The molecule has 1 atom stereocenters. The van der Waals surface area contributed by atoms with Gasteiger partial charge in [0.1, 0.15) is 0 Å². The number of carboxylic acids is 1. The number of quaternary nitrogens is 1. The van der Waals surface area contributed by atoms with E-state index in [0.717, 1.165) is 12.8 Å². The van der Waals surface area contributed by atoms with Crippen LogP contribution in [0.3, 0.4) is 0 Å². The fraction of sp³-hybridized carbons (Fsp3) is 0.969. The Morgan fingerprint density at radius 3 is 0.943 bits per heavy atom. The Kier molecular flexibility index (Phi) is 31.0. The highest BCUT2D eigenvalue weighted by Crippen LogP contribution is 2.26. The second kappa shape index (κ2) is 29.7. The van der Waals surface area contributed by atoms with E-state index >= 15 is 0 Å². The van der Waals surface area contributed by atoms with Crippen LogP contribution in [0.4, 0.5) is 0 Å². The molecule has 3 nitrogen and oxygen atoms in total. The number of aliphatic carboxylic acids is 1. The molecule has 0 aromatic rings.